The third kappa shape index (κ3) is 3.99. The summed E-state index contributed by atoms with van der Waals surface area (Å²) in [5.41, 5.74) is 0.718. The quantitative estimate of drug-likeness (QED) is 0.606. The summed E-state index contributed by atoms with van der Waals surface area (Å²) in [6, 6.07) is 17.7. The molecule has 0 bridgehead atoms. The van der Waals surface area contributed by atoms with Gasteiger partial charge in [-0.3, -0.25) is 0 Å². The molecule has 2 aromatic carbocycles. The van der Waals surface area contributed by atoms with Gasteiger partial charge in [-0.15, -0.1) is 5.92 Å². The predicted molar refractivity (Wildman–Crippen MR) is 90.1 cm³/mol. The molecule has 2 nitrogen and oxygen atoms in total. The van der Waals surface area contributed by atoms with Crippen LogP contribution in [0.4, 0.5) is 0 Å². The first kappa shape index (κ1) is 16.3. The van der Waals surface area contributed by atoms with E-state index in [1.54, 1.807) is 24.3 Å². The van der Waals surface area contributed by atoms with Crippen LogP contribution in [0.3, 0.4) is 0 Å². The fraction of sp³-hybridized carbons (Fsp3) is 0.263. The van der Waals surface area contributed by atoms with Crippen LogP contribution in [0, 0.1) is 11.8 Å². The third-order valence-electron chi connectivity index (χ3n) is 3.37. The van der Waals surface area contributed by atoms with E-state index in [0.29, 0.717) is 4.90 Å². The molecule has 0 aliphatic carbocycles. The highest BCUT2D eigenvalue weighted by atomic mass is 32.2. The normalized spacial score (nSPS) is 12.2. The summed E-state index contributed by atoms with van der Waals surface area (Å²) in [6.07, 6.45) is 2.76. The minimum absolute atomic E-state index is 0.314. The van der Waals surface area contributed by atoms with E-state index in [1.165, 1.54) is 0 Å². The van der Waals surface area contributed by atoms with Crippen molar-refractivity contribution in [2.75, 3.05) is 0 Å². The van der Waals surface area contributed by atoms with E-state index in [9.17, 15) is 8.42 Å². The first-order chi connectivity index (χ1) is 10.7. The highest BCUT2D eigenvalue weighted by Crippen LogP contribution is 2.28. The Labute approximate surface area is 133 Å². The fourth-order valence-electron chi connectivity index (χ4n) is 2.14. The minimum atomic E-state index is -3.51. The van der Waals surface area contributed by atoms with Crippen LogP contribution in [0.5, 0.6) is 0 Å². The van der Waals surface area contributed by atoms with Gasteiger partial charge in [-0.05, 0) is 24.1 Å². The number of hydrogen-bond acceptors (Lipinski definition) is 2. The van der Waals surface area contributed by atoms with Crippen LogP contribution in [0.1, 0.15) is 37.0 Å². The van der Waals surface area contributed by atoms with Gasteiger partial charge in [0, 0.05) is 6.42 Å². The third-order valence-corrected chi connectivity index (χ3v) is 5.31. The Bertz CT molecular complexity index is 738. The SMILES string of the molecule is CCCCC#CC(c1ccccc1)S(=O)(=O)c1ccccc1. The Kier molecular flexibility index (Phi) is 5.80. The molecule has 0 radical (unpaired) electrons. The number of rotatable bonds is 5. The molecule has 0 spiro atoms. The molecule has 0 saturated heterocycles. The van der Waals surface area contributed by atoms with Crippen molar-refractivity contribution in [3.63, 3.8) is 0 Å². The van der Waals surface area contributed by atoms with Crippen LogP contribution in [0.25, 0.3) is 0 Å². The fourth-order valence-corrected chi connectivity index (χ4v) is 3.71. The van der Waals surface area contributed by atoms with Crippen LogP contribution < -0.4 is 0 Å². The Hall–Kier alpha value is -2.05. The first-order valence-corrected chi connectivity index (χ1v) is 9.03. The summed E-state index contributed by atoms with van der Waals surface area (Å²) in [7, 11) is -3.51. The molecule has 0 saturated carbocycles. The van der Waals surface area contributed by atoms with Crippen molar-refractivity contribution < 1.29 is 8.42 Å². The Balaban J connectivity index is 2.42. The van der Waals surface area contributed by atoms with E-state index in [1.807, 2.05) is 36.4 Å². The molecular formula is C19H20O2S. The van der Waals surface area contributed by atoms with Gasteiger partial charge in [-0.25, -0.2) is 8.42 Å². The molecule has 0 aromatic heterocycles. The van der Waals surface area contributed by atoms with Gasteiger partial charge < -0.3 is 0 Å². The molecule has 2 aromatic rings. The lowest BCUT2D eigenvalue weighted by Gasteiger charge is -2.12. The van der Waals surface area contributed by atoms with Crippen molar-refractivity contribution in [1.29, 1.82) is 0 Å². The molecule has 0 aliphatic heterocycles. The van der Waals surface area contributed by atoms with Crippen LogP contribution in [-0.4, -0.2) is 8.42 Å². The molecule has 1 atom stereocenters. The topological polar surface area (TPSA) is 34.1 Å². The summed E-state index contributed by atoms with van der Waals surface area (Å²) >= 11 is 0. The van der Waals surface area contributed by atoms with Crippen LogP contribution in [-0.2, 0) is 9.84 Å². The maximum atomic E-state index is 12.9. The second-order valence-electron chi connectivity index (χ2n) is 5.07. The van der Waals surface area contributed by atoms with Crippen molar-refractivity contribution in [2.45, 2.75) is 36.3 Å². The molecule has 2 rings (SSSR count). The maximum absolute atomic E-state index is 12.9. The molecule has 0 N–H and O–H groups in total. The number of unbranched alkanes of at least 4 members (excludes halogenated alkanes) is 2. The summed E-state index contributed by atoms with van der Waals surface area (Å²) < 4.78 is 25.8. The van der Waals surface area contributed by atoms with Crippen molar-refractivity contribution in [3.8, 4) is 11.8 Å². The average molecular weight is 312 g/mol. The van der Waals surface area contributed by atoms with E-state index in [0.717, 1.165) is 24.8 Å². The smallest absolute Gasteiger partial charge is 0.196 e. The molecule has 1 unspecified atom stereocenters. The Morgan fingerprint density at radius 3 is 2.14 bits per heavy atom. The molecule has 0 heterocycles. The Morgan fingerprint density at radius 1 is 0.955 bits per heavy atom. The molecule has 0 amide bonds. The van der Waals surface area contributed by atoms with Gasteiger partial charge in [0.15, 0.2) is 15.1 Å². The summed E-state index contributed by atoms with van der Waals surface area (Å²) in [5, 5.41) is -0.812. The monoisotopic (exact) mass is 312 g/mol. The second-order valence-corrected chi connectivity index (χ2v) is 7.11. The lowest BCUT2D eigenvalue weighted by Crippen LogP contribution is -2.12. The van der Waals surface area contributed by atoms with Gasteiger partial charge >= 0.3 is 0 Å². The minimum Gasteiger partial charge on any atom is -0.222 e. The Morgan fingerprint density at radius 2 is 1.55 bits per heavy atom. The van der Waals surface area contributed by atoms with E-state index in [2.05, 4.69) is 18.8 Å². The molecular weight excluding hydrogens is 292 g/mol. The van der Waals surface area contributed by atoms with Crippen LogP contribution in [0.2, 0.25) is 0 Å². The number of hydrogen-bond donors (Lipinski definition) is 0. The lowest BCUT2D eigenvalue weighted by molar-refractivity contribution is 0.591. The molecule has 114 valence electrons. The van der Waals surface area contributed by atoms with Crippen LogP contribution in [0.15, 0.2) is 65.6 Å². The summed E-state index contributed by atoms with van der Waals surface area (Å²) in [5.74, 6) is 6.00. The maximum Gasteiger partial charge on any atom is 0.196 e. The largest absolute Gasteiger partial charge is 0.222 e. The number of sulfone groups is 1. The van der Waals surface area contributed by atoms with E-state index < -0.39 is 15.1 Å². The van der Waals surface area contributed by atoms with E-state index >= 15 is 0 Å². The van der Waals surface area contributed by atoms with Gasteiger partial charge in [-0.1, -0.05) is 67.8 Å². The van der Waals surface area contributed by atoms with Gasteiger partial charge in [-0.2, -0.15) is 0 Å². The van der Waals surface area contributed by atoms with Crippen LogP contribution >= 0.6 is 0 Å². The standard InChI is InChI=1S/C19H20O2S/c1-2-3-4-11-16-19(17-12-7-5-8-13-17)22(20,21)18-14-9-6-10-15-18/h5-10,12-15,19H,2-4H2,1H3. The van der Waals surface area contributed by atoms with Gasteiger partial charge in [0.1, 0.15) is 0 Å². The van der Waals surface area contributed by atoms with Crippen molar-refractivity contribution in [1.82, 2.24) is 0 Å². The van der Waals surface area contributed by atoms with Gasteiger partial charge in [0.05, 0.1) is 4.90 Å². The highest BCUT2D eigenvalue weighted by molar-refractivity contribution is 7.92. The van der Waals surface area contributed by atoms with Crippen molar-refractivity contribution >= 4 is 9.84 Å². The zero-order chi connectivity index (χ0) is 15.8. The molecule has 3 heteroatoms. The highest BCUT2D eigenvalue weighted by Gasteiger charge is 2.27. The summed E-state index contributed by atoms with van der Waals surface area (Å²) in [4.78, 5) is 0.314. The molecule has 0 fully saturated rings. The first-order valence-electron chi connectivity index (χ1n) is 7.48. The zero-order valence-electron chi connectivity index (χ0n) is 12.7. The van der Waals surface area contributed by atoms with Gasteiger partial charge in [0.2, 0.25) is 0 Å². The predicted octanol–water partition coefficient (Wildman–Crippen LogP) is 4.40. The number of benzene rings is 2. The zero-order valence-corrected chi connectivity index (χ0v) is 13.5. The molecule has 0 aliphatic rings. The second kappa shape index (κ2) is 7.82. The van der Waals surface area contributed by atoms with E-state index in [-0.39, 0.29) is 0 Å². The lowest BCUT2D eigenvalue weighted by atomic mass is 10.1. The summed E-state index contributed by atoms with van der Waals surface area (Å²) in [6.45, 7) is 2.09. The van der Waals surface area contributed by atoms with Gasteiger partial charge in [0.25, 0.3) is 0 Å². The average Bonchev–Trinajstić information content (AvgIpc) is 2.56. The van der Waals surface area contributed by atoms with Crippen molar-refractivity contribution in [2.24, 2.45) is 0 Å². The molecule has 22 heavy (non-hydrogen) atoms. The van der Waals surface area contributed by atoms with E-state index in [4.69, 9.17) is 0 Å². The van der Waals surface area contributed by atoms with Crippen molar-refractivity contribution in [3.05, 3.63) is 66.2 Å².